The van der Waals surface area contributed by atoms with Crippen LogP contribution in [0.15, 0.2) is 66.9 Å². The van der Waals surface area contributed by atoms with E-state index in [0.717, 1.165) is 17.5 Å². The van der Waals surface area contributed by atoms with Crippen LogP contribution in [0.3, 0.4) is 0 Å². The zero-order valence-corrected chi connectivity index (χ0v) is 20.7. The fourth-order valence-electron chi connectivity index (χ4n) is 4.18. The van der Waals surface area contributed by atoms with E-state index in [9.17, 15) is 19.4 Å². The Morgan fingerprint density at radius 2 is 1.66 bits per heavy atom. The van der Waals surface area contributed by atoms with Gasteiger partial charge in [-0.15, -0.1) is 0 Å². The third kappa shape index (κ3) is 4.85. The van der Waals surface area contributed by atoms with Crippen molar-refractivity contribution in [2.45, 2.75) is 19.1 Å². The molecule has 196 valence electrons. The quantitative estimate of drug-likeness (QED) is 0.227. The van der Waals surface area contributed by atoms with Crippen molar-refractivity contribution in [3.8, 4) is 28.7 Å². The summed E-state index contributed by atoms with van der Waals surface area (Å²) in [5.41, 5.74) is 0.486. The molecule has 1 fully saturated rings. The molecule has 1 aromatic heterocycles. The van der Waals surface area contributed by atoms with Crippen LogP contribution in [0.1, 0.15) is 12.8 Å². The van der Waals surface area contributed by atoms with Gasteiger partial charge >= 0.3 is 0 Å². The summed E-state index contributed by atoms with van der Waals surface area (Å²) >= 11 is 0. The molecule has 0 bridgehead atoms. The lowest BCUT2D eigenvalue weighted by atomic mass is 10.0. The van der Waals surface area contributed by atoms with Gasteiger partial charge in [-0.3, -0.25) is 9.78 Å². The van der Waals surface area contributed by atoms with E-state index in [2.05, 4.69) is 15.6 Å². The Hall–Kier alpha value is -4.57. The number of hydrogen-bond acceptors (Lipinski definition) is 8. The minimum Gasteiger partial charge on any atom is -0.505 e. The van der Waals surface area contributed by atoms with Crippen molar-refractivity contribution >= 4 is 28.2 Å². The van der Waals surface area contributed by atoms with Crippen LogP contribution in [-0.2, 0) is 4.79 Å². The van der Waals surface area contributed by atoms with Crippen molar-refractivity contribution in [3.63, 3.8) is 0 Å². The van der Waals surface area contributed by atoms with Gasteiger partial charge in [-0.25, -0.2) is 4.39 Å². The zero-order chi connectivity index (χ0) is 26.9. The number of pyridine rings is 1. The molecule has 0 radical (unpaired) electrons. The van der Waals surface area contributed by atoms with Gasteiger partial charge < -0.3 is 35.1 Å². The lowest BCUT2D eigenvalue weighted by Gasteiger charge is -2.23. The first kappa shape index (κ1) is 25.1. The monoisotopic (exact) mass is 519 g/mol. The highest BCUT2D eigenvalue weighted by Crippen LogP contribution is 2.50. The molecule has 0 saturated heterocycles. The molecule has 1 aliphatic carbocycles. The number of ether oxygens (including phenoxy) is 3. The van der Waals surface area contributed by atoms with Crippen molar-refractivity contribution in [1.82, 2.24) is 4.98 Å². The average Bonchev–Trinajstić information content (AvgIpc) is 3.74. The molecule has 3 aromatic carbocycles. The number of aromatic hydroxyl groups is 1. The van der Waals surface area contributed by atoms with E-state index < -0.39 is 23.2 Å². The number of nitrogens with one attached hydrogen (secondary N) is 2. The largest absolute Gasteiger partial charge is 0.505 e. The number of benzene rings is 3. The van der Waals surface area contributed by atoms with Crippen LogP contribution in [0.4, 0.5) is 15.8 Å². The SMILES string of the molecule is COc1cc2nccc(Oc3ccc(NC(=O)C4(C(O)Nc5ccc(F)c(O)c5)CC4)cc3)c2cc1OC. The fourth-order valence-corrected chi connectivity index (χ4v) is 4.18. The van der Waals surface area contributed by atoms with Gasteiger partial charge in [0.2, 0.25) is 5.91 Å². The number of amides is 1. The summed E-state index contributed by atoms with van der Waals surface area (Å²) in [6.45, 7) is 0. The summed E-state index contributed by atoms with van der Waals surface area (Å²) in [4.78, 5) is 17.4. The average molecular weight is 520 g/mol. The van der Waals surface area contributed by atoms with E-state index in [0.29, 0.717) is 52.7 Å². The number of carbonyl (C=O) groups is 1. The summed E-state index contributed by atoms with van der Waals surface area (Å²) in [6, 6.07) is 15.8. The first-order chi connectivity index (χ1) is 18.3. The number of aliphatic hydroxyl groups is 1. The Morgan fingerprint density at radius 1 is 0.974 bits per heavy atom. The van der Waals surface area contributed by atoms with E-state index in [1.165, 1.54) is 6.07 Å². The predicted octanol–water partition coefficient (Wildman–Crippen LogP) is 5.04. The molecule has 5 rings (SSSR count). The van der Waals surface area contributed by atoms with E-state index in [4.69, 9.17) is 14.2 Å². The molecule has 4 aromatic rings. The van der Waals surface area contributed by atoms with Crippen LogP contribution in [0, 0.1) is 11.2 Å². The third-order valence-corrected chi connectivity index (χ3v) is 6.56. The lowest BCUT2D eigenvalue weighted by molar-refractivity contribution is -0.124. The molecule has 1 atom stereocenters. The van der Waals surface area contributed by atoms with Gasteiger partial charge in [-0.2, -0.15) is 0 Å². The fraction of sp³-hybridized carbons (Fsp3) is 0.214. The first-order valence-corrected chi connectivity index (χ1v) is 11.9. The predicted molar refractivity (Wildman–Crippen MR) is 139 cm³/mol. The van der Waals surface area contributed by atoms with Crippen molar-refractivity contribution in [2.75, 3.05) is 24.9 Å². The Morgan fingerprint density at radius 3 is 2.32 bits per heavy atom. The van der Waals surface area contributed by atoms with Gasteiger partial charge in [-0.1, -0.05) is 0 Å². The number of nitrogens with zero attached hydrogens (tertiary/aromatic N) is 1. The van der Waals surface area contributed by atoms with Crippen LogP contribution in [-0.4, -0.2) is 41.6 Å². The number of hydrogen-bond donors (Lipinski definition) is 4. The number of fused-ring (bicyclic) bond motifs is 1. The molecule has 0 aliphatic heterocycles. The molecule has 10 heteroatoms. The topological polar surface area (TPSA) is 122 Å². The molecule has 1 aliphatic rings. The van der Waals surface area contributed by atoms with Crippen LogP contribution in [0.2, 0.25) is 0 Å². The van der Waals surface area contributed by atoms with E-state index >= 15 is 0 Å². The number of phenolic OH excluding ortho intramolecular Hbond substituents is 1. The Kier molecular flexibility index (Phi) is 6.64. The number of methoxy groups -OCH3 is 2. The molecular formula is C28H26FN3O6. The third-order valence-electron chi connectivity index (χ3n) is 6.56. The highest BCUT2D eigenvalue weighted by Gasteiger charge is 2.55. The Balaban J connectivity index is 1.27. The smallest absolute Gasteiger partial charge is 0.235 e. The van der Waals surface area contributed by atoms with Crippen molar-refractivity contribution in [1.29, 1.82) is 0 Å². The summed E-state index contributed by atoms with van der Waals surface area (Å²) in [5, 5.41) is 26.6. The highest BCUT2D eigenvalue weighted by molar-refractivity contribution is 5.98. The molecule has 1 unspecified atom stereocenters. The Labute approximate surface area is 217 Å². The number of rotatable bonds is 9. The molecule has 1 saturated carbocycles. The van der Waals surface area contributed by atoms with Gasteiger partial charge in [0, 0.05) is 35.1 Å². The summed E-state index contributed by atoms with van der Waals surface area (Å²) in [6.07, 6.45) is 1.38. The van der Waals surface area contributed by atoms with Gasteiger partial charge in [0.1, 0.15) is 17.7 Å². The zero-order valence-electron chi connectivity index (χ0n) is 20.7. The van der Waals surface area contributed by atoms with Crippen molar-refractivity contribution in [3.05, 3.63) is 72.7 Å². The number of phenols is 1. The van der Waals surface area contributed by atoms with Crippen molar-refractivity contribution in [2.24, 2.45) is 5.41 Å². The number of anilines is 2. The number of aromatic nitrogens is 1. The normalized spacial score (nSPS) is 14.4. The number of aliphatic hydroxyl groups excluding tert-OH is 1. The van der Waals surface area contributed by atoms with E-state index in [1.54, 1.807) is 62.9 Å². The molecular weight excluding hydrogens is 493 g/mol. The van der Waals surface area contributed by atoms with Gasteiger partial charge in [0.15, 0.2) is 23.1 Å². The maximum atomic E-state index is 13.3. The molecule has 9 nitrogen and oxygen atoms in total. The van der Waals surface area contributed by atoms with E-state index in [-0.39, 0.29) is 5.91 Å². The maximum absolute atomic E-state index is 13.3. The Bertz CT molecular complexity index is 1490. The highest BCUT2D eigenvalue weighted by atomic mass is 19.1. The number of carbonyl (C=O) groups excluding carboxylic acids is 1. The maximum Gasteiger partial charge on any atom is 0.235 e. The number of halogens is 1. The van der Waals surface area contributed by atoms with E-state index in [1.807, 2.05) is 0 Å². The molecule has 4 N–H and O–H groups in total. The summed E-state index contributed by atoms with van der Waals surface area (Å²) in [7, 11) is 3.12. The molecule has 1 amide bonds. The lowest BCUT2D eigenvalue weighted by Crippen LogP contribution is -2.39. The second-order valence-corrected chi connectivity index (χ2v) is 8.98. The van der Waals surface area contributed by atoms with Gasteiger partial charge in [0.05, 0.1) is 25.2 Å². The summed E-state index contributed by atoms with van der Waals surface area (Å²) < 4.78 is 30.1. The molecule has 38 heavy (non-hydrogen) atoms. The molecule has 1 heterocycles. The van der Waals surface area contributed by atoms with Crippen LogP contribution in [0.25, 0.3) is 10.9 Å². The standard InChI is InChI=1S/C28H26FN3O6/c1-36-24-14-19-21(15-25(24)37-2)30-12-9-23(19)38-18-6-3-16(4-7-18)31-26(34)28(10-11-28)27(35)32-17-5-8-20(29)22(33)13-17/h3-9,12-15,27,32-33,35H,10-11H2,1-2H3,(H,31,34). The van der Waals surface area contributed by atoms with Crippen LogP contribution in [0.5, 0.6) is 28.7 Å². The minimum atomic E-state index is -1.22. The molecule has 0 spiro atoms. The minimum absolute atomic E-state index is 0.302. The van der Waals surface area contributed by atoms with Crippen molar-refractivity contribution < 1.29 is 33.6 Å². The van der Waals surface area contributed by atoms with Crippen LogP contribution >= 0.6 is 0 Å². The second-order valence-electron chi connectivity index (χ2n) is 8.98. The van der Waals surface area contributed by atoms with Crippen LogP contribution < -0.4 is 24.8 Å². The van der Waals surface area contributed by atoms with Gasteiger partial charge in [0.25, 0.3) is 0 Å². The summed E-state index contributed by atoms with van der Waals surface area (Å²) in [5.74, 6) is 0.576. The second kappa shape index (κ2) is 10.1. The van der Waals surface area contributed by atoms with Gasteiger partial charge in [-0.05, 0) is 61.4 Å². The first-order valence-electron chi connectivity index (χ1n) is 11.9.